The maximum absolute atomic E-state index is 12.6. The molecule has 0 amide bonds. The molecule has 1 atom stereocenters. The zero-order valence-corrected chi connectivity index (χ0v) is 16.1. The van der Waals surface area contributed by atoms with Crippen molar-refractivity contribution in [3.8, 4) is 11.3 Å². The third kappa shape index (κ3) is 3.01. The fraction of sp³-hybridized carbons (Fsp3) is 0.389. The van der Waals surface area contributed by atoms with E-state index in [-0.39, 0.29) is 5.56 Å². The molecule has 1 N–H and O–H groups in total. The fourth-order valence-corrected chi connectivity index (χ4v) is 3.88. The summed E-state index contributed by atoms with van der Waals surface area (Å²) in [5.41, 5.74) is 2.35. The maximum atomic E-state index is 12.6. The number of nitrogens with one attached hydrogen (secondary N) is 1. The lowest BCUT2D eigenvalue weighted by molar-refractivity contribution is 0.468. The van der Waals surface area contributed by atoms with Crippen LogP contribution in [0.2, 0.25) is 10.0 Å². The highest BCUT2D eigenvalue weighted by Crippen LogP contribution is 2.44. The van der Waals surface area contributed by atoms with Gasteiger partial charge < -0.3 is 0 Å². The Kier molecular flexibility index (Phi) is 5.00. The van der Waals surface area contributed by atoms with Crippen LogP contribution < -0.4 is 10.0 Å². The Labute approximate surface area is 156 Å². The molecular formula is C18H21Cl2N4O+. The molecule has 0 aliphatic carbocycles. The standard InChI is InChI=1S/C18H20Cl2N4O/c1-4-6-9-24(3)14(5-2)21-16-15(22-23-18(25)17(16)24)12-8-7-11(19)10-13(12)20/h7-8,10H,4-6,9H2,1-3H3/p+1. The van der Waals surface area contributed by atoms with Gasteiger partial charge in [0.2, 0.25) is 11.5 Å². The van der Waals surface area contributed by atoms with E-state index in [9.17, 15) is 4.79 Å². The van der Waals surface area contributed by atoms with E-state index in [1.54, 1.807) is 18.2 Å². The van der Waals surface area contributed by atoms with E-state index in [1.807, 2.05) is 7.05 Å². The van der Waals surface area contributed by atoms with E-state index < -0.39 is 0 Å². The van der Waals surface area contributed by atoms with Crippen LogP contribution in [0.4, 0.5) is 11.4 Å². The number of fused-ring (bicyclic) bond motifs is 1. The highest BCUT2D eigenvalue weighted by Gasteiger charge is 2.43. The molecule has 1 aliphatic heterocycles. The Morgan fingerprint density at radius 1 is 1.24 bits per heavy atom. The number of hydrogen-bond acceptors (Lipinski definition) is 3. The van der Waals surface area contributed by atoms with Crippen molar-refractivity contribution in [2.24, 2.45) is 4.99 Å². The normalized spacial score (nSPS) is 19.0. The molecule has 3 rings (SSSR count). The van der Waals surface area contributed by atoms with Crippen molar-refractivity contribution in [2.75, 3.05) is 13.6 Å². The van der Waals surface area contributed by atoms with E-state index in [0.717, 1.165) is 31.6 Å². The van der Waals surface area contributed by atoms with Crippen LogP contribution in [0.5, 0.6) is 0 Å². The van der Waals surface area contributed by atoms with Crippen LogP contribution in [0.1, 0.15) is 33.1 Å². The van der Waals surface area contributed by atoms with Crippen molar-refractivity contribution in [1.29, 1.82) is 0 Å². The summed E-state index contributed by atoms with van der Waals surface area (Å²) in [5, 5.41) is 7.91. The van der Waals surface area contributed by atoms with Gasteiger partial charge >= 0.3 is 5.56 Å². The second-order valence-corrected chi connectivity index (χ2v) is 7.22. The number of halogens is 2. The maximum Gasteiger partial charge on any atom is 0.328 e. The molecule has 2 aromatic rings. The van der Waals surface area contributed by atoms with Gasteiger partial charge in [0.05, 0.1) is 18.6 Å². The second-order valence-electron chi connectivity index (χ2n) is 6.37. The molecule has 0 fully saturated rings. The summed E-state index contributed by atoms with van der Waals surface area (Å²) in [5.74, 6) is 0.966. The molecule has 0 bridgehead atoms. The first-order valence-electron chi connectivity index (χ1n) is 8.44. The third-order valence-electron chi connectivity index (χ3n) is 4.70. The summed E-state index contributed by atoms with van der Waals surface area (Å²) in [6.45, 7) is 5.03. The third-order valence-corrected chi connectivity index (χ3v) is 5.25. The highest BCUT2D eigenvalue weighted by atomic mass is 35.5. The topological polar surface area (TPSA) is 58.1 Å². The first kappa shape index (κ1) is 18.1. The largest absolute Gasteiger partial charge is 0.328 e. The van der Waals surface area contributed by atoms with Gasteiger partial charge in [-0.2, -0.15) is 10.1 Å². The Bertz CT molecular complexity index is 906. The smallest absolute Gasteiger partial charge is 0.261 e. The average Bonchev–Trinajstić information content (AvgIpc) is 2.88. The number of H-pyrrole nitrogens is 1. The van der Waals surface area contributed by atoms with Crippen LogP contribution in [0.25, 0.3) is 11.3 Å². The number of nitrogens with zero attached hydrogens (tertiary/aromatic N) is 3. The number of amidine groups is 1. The van der Waals surface area contributed by atoms with Crippen molar-refractivity contribution in [1.82, 2.24) is 14.7 Å². The minimum atomic E-state index is -0.199. The number of aliphatic imine (C=N–C) groups is 1. The van der Waals surface area contributed by atoms with Gasteiger partial charge in [0.25, 0.3) is 0 Å². The zero-order chi connectivity index (χ0) is 18.2. The molecule has 2 heterocycles. The van der Waals surface area contributed by atoms with E-state index in [1.165, 1.54) is 0 Å². The lowest BCUT2D eigenvalue weighted by Crippen LogP contribution is -2.51. The fourth-order valence-electron chi connectivity index (χ4n) is 3.38. The van der Waals surface area contributed by atoms with Gasteiger partial charge in [-0.1, -0.05) is 43.5 Å². The van der Waals surface area contributed by atoms with Crippen LogP contribution in [0, 0.1) is 0 Å². The monoisotopic (exact) mass is 379 g/mol. The number of quaternary nitrogens is 1. The molecular weight excluding hydrogens is 359 g/mol. The number of benzene rings is 1. The molecule has 132 valence electrons. The molecule has 25 heavy (non-hydrogen) atoms. The first-order chi connectivity index (χ1) is 11.9. The molecule has 5 nitrogen and oxygen atoms in total. The Morgan fingerprint density at radius 3 is 2.64 bits per heavy atom. The average molecular weight is 380 g/mol. The molecule has 0 spiro atoms. The molecule has 1 unspecified atom stereocenters. The van der Waals surface area contributed by atoms with Crippen molar-refractivity contribution in [3.05, 3.63) is 38.6 Å². The summed E-state index contributed by atoms with van der Waals surface area (Å²) >= 11 is 12.4. The predicted octanol–water partition coefficient (Wildman–Crippen LogP) is 4.93. The molecule has 0 radical (unpaired) electrons. The molecule has 1 aromatic heterocycles. The van der Waals surface area contributed by atoms with Crippen LogP contribution in [-0.2, 0) is 0 Å². The van der Waals surface area contributed by atoms with Gasteiger partial charge in [-0.3, -0.25) is 4.79 Å². The molecule has 0 saturated heterocycles. The minimum absolute atomic E-state index is 0.199. The van der Waals surface area contributed by atoms with Crippen LogP contribution in [0.3, 0.4) is 0 Å². The molecule has 1 aliphatic rings. The summed E-state index contributed by atoms with van der Waals surface area (Å²) in [7, 11) is 2.05. The lowest BCUT2D eigenvalue weighted by atomic mass is 10.1. The number of unbranched alkanes of at least 4 members (excludes halogenated alkanes) is 1. The van der Waals surface area contributed by atoms with Gasteiger partial charge in [-0.05, 0) is 24.6 Å². The lowest BCUT2D eigenvalue weighted by Gasteiger charge is -2.29. The SMILES string of the molecule is CCCC[N+]1(C)C(CC)=Nc2c(-c3ccc(Cl)cc3Cl)n[nH]c(=O)c21. The van der Waals surface area contributed by atoms with Crippen LogP contribution >= 0.6 is 23.2 Å². The zero-order valence-electron chi connectivity index (χ0n) is 14.6. The number of aromatic nitrogens is 2. The summed E-state index contributed by atoms with van der Waals surface area (Å²) in [4.78, 5) is 17.4. The van der Waals surface area contributed by atoms with Crippen LogP contribution in [0.15, 0.2) is 28.0 Å². The Morgan fingerprint density at radius 2 is 2.00 bits per heavy atom. The highest BCUT2D eigenvalue weighted by molar-refractivity contribution is 6.36. The molecule has 0 saturated carbocycles. The van der Waals surface area contributed by atoms with Gasteiger partial charge in [-0.15, -0.1) is 0 Å². The number of rotatable bonds is 5. The van der Waals surface area contributed by atoms with Gasteiger partial charge in [-0.25, -0.2) is 9.58 Å². The van der Waals surface area contributed by atoms with Crippen molar-refractivity contribution in [3.63, 3.8) is 0 Å². The summed E-state index contributed by atoms with van der Waals surface area (Å²) in [6.07, 6.45) is 2.83. The summed E-state index contributed by atoms with van der Waals surface area (Å²) < 4.78 is 0.426. The molecule has 7 heteroatoms. The van der Waals surface area contributed by atoms with Crippen LogP contribution in [-0.4, -0.2) is 29.6 Å². The predicted molar refractivity (Wildman–Crippen MR) is 105 cm³/mol. The Balaban J connectivity index is 2.24. The Hall–Kier alpha value is -1.69. The number of hydrogen-bond donors (Lipinski definition) is 1. The van der Waals surface area contributed by atoms with Gasteiger partial charge in [0, 0.05) is 17.0 Å². The van der Waals surface area contributed by atoms with Gasteiger partial charge in [0.1, 0.15) is 5.69 Å². The second kappa shape index (κ2) is 6.90. The van der Waals surface area contributed by atoms with Crippen molar-refractivity contribution < 1.29 is 0 Å². The van der Waals surface area contributed by atoms with Crippen molar-refractivity contribution >= 4 is 40.4 Å². The molecule has 1 aromatic carbocycles. The van der Waals surface area contributed by atoms with E-state index in [4.69, 9.17) is 28.2 Å². The van der Waals surface area contributed by atoms with E-state index in [2.05, 4.69) is 24.0 Å². The quantitative estimate of drug-likeness (QED) is 0.748. The summed E-state index contributed by atoms with van der Waals surface area (Å²) in [6, 6.07) is 5.23. The van der Waals surface area contributed by atoms with Crippen molar-refractivity contribution in [2.45, 2.75) is 33.1 Å². The van der Waals surface area contributed by atoms with E-state index >= 15 is 0 Å². The first-order valence-corrected chi connectivity index (χ1v) is 9.20. The number of aromatic amines is 1. The van der Waals surface area contributed by atoms with Gasteiger partial charge in [0.15, 0.2) is 5.69 Å². The minimum Gasteiger partial charge on any atom is -0.261 e. The van der Waals surface area contributed by atoms with E-state index in [0.29, 0.717) is 37.2 Å².